The Hall–Kier alpha value is -4.60. The number of likely N-dealkylation sites (tertiary alicyclic amines) is 1. The number of ether oxygens (including phenoxy) is 1. The Bertz CT molecular complexity index is 1310. The van der Waals surface area contributed by atoms with E-state index in [1.807, 2.05) is 0 Å². The molecule has 0 aliphatic carbocycles. The average molecular weight is 463 g/mol. The highest BCUT2D eigenvalue weighted by molar-refractivity contribution is 6.46. The van der Waals surface area contributed by atoms with Gasteiger partial charge < -0.3 is 14.7 Å². The van der Waals surface area contributed by atoms with E-state index >= 15 is 0 Å². The Balaban J connectivity index is 1.86. The topological polar surface area (TPSA) is 123 Å². The van der Waals surface area contributed by atoms with Crippen LogP contribution < -0.4 is 4.74 Å². The van der Waals surface area contributed by atoms with E-state index in [1.54, 1.807) is 18.3 Å². The van der Waals surface area contributed by atoms with Gasteiger partial charge in [-0.15, -0.1) is 0 Å². The number of amides is 1. The Labute approximate surface area is 192 Å². The molecule has 2 heterocycles. The molecule has 1 saturated heterocycles. The van der Waals surface area contributed by atoms with Gasteiger partial charge in [-0.2, -0.15) is 0 Å². The first-order valence-electron chi connectivity index (χ1n) is 10.1. The van der Waals surface area contributed by atoms with Crippen LogP contribution in [0.15, 0.2) is 72.6 Å². The van der Waals surface area contributed by atoms with E-state index in [0.29, 0.717) is 11.1 Å². The lowest BCUT2D eigenvalue weighted by molar-refractivity contribution is -0.384. The van der Waals surface area contributed by atoms with E-state index in [4.69, 9.17) is 4.74 Å². The zero-order valence-electron chi connectivity index (χ0n) is 17.8. The number of ketones is 1. The van der Waals surface area contributed by atoms with Crippen LogP contribution in [0.25, 0.3) is 5.76 Å². The molecule has 172 valence electrons. The molecule has 0 spiro atoms. The molecule has 34 heavy (non-hydrogen) atoms. The van der Waals surface area contributed by atoms with Crippen molar-refractivity contribution in [3.63, 3.8) is 0 Å². The number of rotatable bonds is 6. The lowest BCUT2D eigenvalue weighted by atomic mass is 9.95. The molecule has 1 aromatic heterocycles. The number of aromatic nitrogens is 1. The minimum absolute atomic E-state index is 0.00613. The van der Waals surface area contributed by atoms with Gasteiger partial charge in [0.1, 0.15) is 5.76 Å². The number of benzene rings is 2. The zero-order valence-corrected chi connectivity index (χ0v) is 17.8. The third kappa shape index (κ3) is 4.08. The predicted octanol–water partition coefficient (Wildman–Crippen LogP) is 3.76. The minimum Gasteiger partial charge on any atom is -0.507 e. The van der Waals surface area contributed by atoms with Gasteiger partial charge in [0, 0.05) is 36.6 Å². The van der Waals surface area contributed by atoms with E-state index in [1.165, 1.54) is 54.6 Å². The first-order valence-corrected chi connectivity index (χ1v) is 10.1. The van der Waals surface area contributed by atoms with E-state index in [-0.39, 0.29) is 29.1 Å². The van der Waals surface area contributed by atoms with Crippen molar-refractivity contribution in [3.8, 4) is 5.75 Å². The molecule has 1 unspecified atom stereocenters. The van der Waals surface area contributed by atoms with Gasteiger partial charge in [0.15, 0.2) is 11.6 Å². The standard InChI is InChI=1S/C24H18FN3O6/c1-34-19-9-6-16(11-18(19)25)22(29)20-21(15-4-7-17(8-5-15)28(32)33)27(24(31)23(20)30)13-14-3-2-10-26-12-14/h2-12,21,29H,13H2,1H3/b22-20+. The number of pyridine rings is 1. The molecule has 2 aromatic carbocycles. The number of carbonyl (C=O) groups excluding carboxylic acids is 2. The summed E-state index contributed by atoms with van der Waals surface area (Å²) in [6.45, 7) is -0.00613. The first kappa shape index (κ1) is 22.6. The molecule has 1 aliphatic rings. The number of nitro benzene ring substituents is 1. The lowest BCUT2D eigenvalue weighted by Gasteiger charge is -2.25. The van der Waals surface area contributed by atoms with Crippen LogP contribution in [0.1, 0.15) is 22.7 Å². The van der Waals surface area contributed by atoms with E-state index < -0.39 is 34.2 Å². The minimum atomic E-state index is -1.06. The molecule has 1 N–H and O–H groups in total. The van der Waals surface area contributed by atoms with Crippen molar-refractivity contribution < 1.29 is 28.7 Å². The number of aliphatic hydroxyl groups excluding tert-OH is 1. The monoisotopic (exact) mass is 463 g/mol. The highest BCUT2D eigenvalue weighted by atomic mass is 19.1. The molecular weight excluding hydrogens is 445 g/mol. The van der Waals surface area contributed by atoms with Crippen LogP contribution in [0.3, 0.4) is 0 Å². The maximum absolute atomic E-state index is 14.3. The fraction of sp³-hybridized carbons (Fsp3) is 0.125. The number of nitro groups is 1. The van der Waals surface area contributed by atoms with Gasteiger partial charge in [-0.05, 0) is 47.5 Å². The number of methoxy groups -OCH3 is 1. The van der Waals surface area contributed by atoms with Gasteiger partial charge in [-0.1, -0.05) is 6.07 Å². The summed E-state index contributed by atoms with van der Waals surface area (Å²) in [7, 11) is 1.29. The summed E-state index contributed by atoms with van der Waals surface area (Å²) in [6.07, 6.45) is 3.09. The van der Waals surface area contributed by atoms with Crippen LogP contribution in [0, 0.1) is 15.9 Å². The largest absolute Gasteiger partial charge is 0.507 e. The molecule has 3 aromatic rings. The Kier molecular flexibility index (Phi) is 6.05. The fourth-order valence-electron chi connectivity index (χ4n) is 3.83. The van der Waals surface area contributed by atoms with Crippen LogP contribution in [-0.2, 0) is 16.1 Å². The quantitative estimate of drug-likeness (QED) is 0.194. The number of nitrogens with zero attached hydrogens (tertiary/aromatic N) is 3. The highest BCUT2D eigenvalue weighted by Gasteiger charge is 2.46. The van der Waals surface area contributed by atoms with Crippen molar-refractivity contribution >= 4 is 23.1 Å². The summed E-state index contributed by atoms with van der Waals surface area (Å²) < 4.78 is 19.2. The Morgan fingerprint density at radius 1 is 1.21 bits per heavy atom. The van der Waals surface area contributed by atoms with Gasteiger partial charge >= 0.3 is 0 Å². The maximum Gasteiger partial charge on any atom is 0.295 e. The summed E-state index contributed by atoms with van der Waals surface area (Å²) in [6, 6.07) is 11.3. The van der Waals surface area contributed by atoms with Gasteiger partial charge in [0.25, 0.3) is 17.4 Å². The number of hydrogen-bond donors (Lipinski definition) is 1. The van der Waals surface area contributed by atoms with E-state index in [9.17, 15) is 29.2 Å². The molecule has 9 nitrogen and oxygen atoms in total. The Morgan fingerprint density at radius 3 is 2.53 bits per heavy atom. The number of carbonyl (C=O) groups is 2. The number of hydrogen-bond acceptors (Lipinski definition) is 7. The second kappa shape index (κ2) is 9.10. The van der Waals surface area contributed by atoms with E-state index in [2.05, 4.69) is 4.98 Å². The summed E-state index contributed by atoms with van der Waals surface area (Å²) in [5.41, 5.74) is 0.540. The summed E-state index contributed by atoms with van der Waals surface area (Å²) in [5, 5.41) is 22.1. The SMILES string of the molecule is COc1ccc(/C(O)=C2\C(=O)C(=O)N(Cc3cccnc3)C2c2ccc([N+](=O)[O-])cc2)cc1F. The third-order valence-electron chi connectivity index (χ3n) is 5.46. The molecule has 0 radical (unpaired) electrons. The molecular formula is C24H18FN3O6. The van der Waals surface area contributed by atoms with Gasteiger partial charge in [-0.25, -0.2) is 4.39 Å². The molecule has 4 rings (SSSR count). The molecule has 1 amide bonds. The van der Waals surface area contributed by atoms with Crippen LogP contribution >= 0.6 is 0 Å². The van der Waals surface area contributed by atoms with Gasteiger partial charge in [-0.3, -0.25) is 24.7 Å². The molecule has 1 atom stereocenters. The summed E-state index contributed by atoms with van der Waals surface area (Å²) in [5.74, 6) is -3.22. The number of aliphatic hydroxyl groups is 1. The number of non-ortho nitro benzene ring substituents is 1. The van der Waals surface area contributed by atoms with Crippen molar-refractivity contribution in [2.24, 2.45) is 0 Å². The van der Waals surface area contributed by atoms with Crippen LogP contribution in [0.5, 0.6) is 5.75 Å². The van der Waals surface area contributed by atoms with Gasteiger partial charge in [0.05, 0.1) is 23.6 Å². The van der Waals surface area contributed by atoms with Crippen molar-refractivity contribution in [1.82, 2.24) is 9.88 Å². The van der Waals surface area contributed by atoms with Crippen molar-refractivity contribution in [1.29, 1.82) is 0 Å². The maximum atomic E-state index is 14.3. The van der Waals surface area contributed by atoms with Crippen LogP contribution in [-0.4, -0.2) is 38.7 Å². The van der Waals surface area contributed by atoms with Crippen LogP contribution in [0.2, 0.25) is 0 Å². The fourth-order valence-corrected chi connectivity index (χ4v) is 3.83. The molecule has 0 bridgehead atoms. The normalized spacial score (nSPS) is 17.1. The zero-order chi connectivity index (χ0) is 24.4. The third-order valence-corrected chi connectivity index (χ3v) is 5.46. The number of halogens is 1. The number of Topliss-reactive ketones (excluding diaryl/α,β-unsaturated/α-hetero) is 1. The first-order chi connectivity index (χ1) is 16.3. The molecule has 1 fully saturated rings. The summed E-state index contributed by atoms with van der Waals surface area (Å²) in [4.78, 5) is 41.8. The van der Waals surface area contributed by atoms with Gasteiger partial charge in [0.2, 0.25) is 0 Å². The Morgan fingerprint density at radius 2 is 1.94 bits per heavy atom. The summed E-state index contributed by atoms with van der Waals surface area (Å²) >= 11 is 0. The second-order valence-corrected chi connectivity index (χ2v) is 7.49. The molecule has 1 aliphatic heterocycles. The average Bonchev–Trinajstić information content (AvgIpc) is 3.09. The molecule has 0 saturated carbocycles. The van der Waals surface area contributed by atoms with Crippen molar-refractivity contribution in [3.05, 3.63) is 105 Å². The predicted molar refractivity (Wildman–Crippen MR) is 118 cm³/mol. The second-order valence-electron chi connectivity index (χ2n) is 7.49. The molecule has 10 heteroatoms. The lowest BCUT2D eigenvalue weighted by Crippen LogP contribution is -2.29. The van der Waals surface area contributed by atoms with Crippen molar-refractivity contribution in [2.45, 2.75) is 12.6 Å². The van der Waals surface area contributed by atoms with Crippen LogP contribution in [0.4, 0.5) is 10.1 Å². The van der Waals surface area contributed by atoms with E-state index in [0.717, 1.165) is 6.07 Å². The smallest absolute Gasteiger partial charge is 0.295 e. The van der Waals surface area contributed by atoms with Crippen molar-refractivity contribution in [2.75, 3.05) is 7.11 Å². The highest BCUT2D eigenvalue weighted by Crippen LogP contribution is 2.41.